The molecule has 0 radical (unpaired) electrons. The quantitative estimate of drug-likeness (QED) is 0.849. The summed E-state index contributed by atoms with van der Waals surface area (Å²) in [6, 6.07) is 7.24. The number of nitrogens with one attached hydrogen (secondary N) is 1. The Labute approximate surface area is 124 Å². The van der Waals surface area contributed by atoms with Crippen LogP contribution in [-0.2, 0) is 13.0 Å². The number of halogens is 1. The lowest BCUT2D eigenvalue weighted by molar-refractivity contribution is 0.0698. The summed E-state index contributed by atoms with van der Waals surface area (Å²) >= 11 is 5.05. The standard InChI is InChI=1S/C14H14BrNO2S/c1-2-9-5-6-19-13(9)8-16-12-7-10(15)3-4-11(12)14(17)18/h3-7,16H,2,8H2,1H3,(H,17,18). The minimum Gasteiger partial charge on any atom is -0.478 e. The lowest BCUT2D eigenvalue weighted by Crippen LogP contribution is -2.06. The van der Waals surface area contributed by atoms with Crippen molar-refractivity contribution in [3.8, 4) is 0 Å². The van der Waals surface area contributed by atoms with E-state index in [-0.39, 0.29) is 5.56 Å². The maximum absolute atomic E-state index is 11.2. The van der Waals surface area contributed by atoms with Gasteiger partial charge in [0.25, 0.3) is 0 Å². The van der Waals surface area contributed by atoms with Crippen LogP contribution in [0.3, 0.4) is 0 Å². The number of anilines is 1. The van der Waals surface area contributed by atoms with E-state index >= 15 is 0 Å². The molecule has 0 amide bonds. The highest BCUT2D eigenvalue weighted by Crippen LogP contribution is 2.24. The molecule has 0 spiro atoms. The van der Waals surface area contributed by atoms with Gasteiger partial charge in [0.2, 0.25) is 0 Å². The summed E-state index contributed by atoms with van der Waals surface area (Å²) in [6.07, 6.45) is 0.991. The lowest BCUT2D eigenvalue weighted by atomic mass is 10.1. The molecule has 0 unspecified atom stereocenters. The fourth-order valence-electron chi connectivity index (χ4n) is 1.86. The van der Waals surface area contributed by atoms with E-state index in [1.54, 1.807) is 29.5 Å². The normalized spacial score (nSPS) is 10.4. The molecule has 1 aromatic heterocycles. The molecule has 0 aliphatic rings. The second kappa shape index (κ2) is 6.21. The molecule has 2 aromatic rings. The minimum absolute atomic E-state index is 0.290. The van der Waals surface area contributed by atoms with Crippen LogP contribution in [0.25, 0.3) is 0 Å². The van der Waals surface area contributed by atoms with Crippen molar-refractivity contribution in [1.82, 2.24) is 0 Å². The average molecular weight is 340 g/mol. The molecular formula is C14H14BrNO2S. The second-order valence-corrected chi connectivity index (χ2v) is 5.99. The van der Waals surface area contributed by atoms with Gasteiger partial charge < -0.3 is 10.4 Å². The van der Waals surface area contributed by atoms with Crippen LogP contribution in [0.5, 0.6) is 0 Å². The number of hydrogen-bond donors (Lipinski definition) is 2. The Kier molecular flexibility index (Phi) is 4.61. The van der Waals surface area contributed by atoms with Crippen LogP contribution >= 0.6 is 27.3 Å². The summed E-state index contributed by atoms with van der Waals surface area (Å²) in [5.41, 5.74) is 2.24. The molecule has 3 nitrogen and oxygen atoms in total. The SMILES string of the molecule is CCc1ccsc1CNc1cc(Br)ccc1C(=O)O. The zero-order chi connectivity index (χ0) is 13.8. The molecular weight excluding hydrogens is 326 g/mol. The second-order valence-electron chi connectivity index (χ2n) is 4.07. The first-order chi connectivity index (χ1) is 9.11. The monoisotopic (exact) mass is 339 g/mol. The molecule has 1 heterocycles. The number of hydrogen-bond acceptors (Lipinski definition) is 3. The van der Waals surface area contributed by atoms with Gasteiger partial charge in [-0.15, -0.1) is 11.3 Å². The van der Waals surface area contributed by atoms with Gasteiger partial charge in [-0.05, 0) is 41.6 Å². The van der Waals surface area contributed by atoms with Crippen LogP contribution in [0.2, 0.25) is 0 Å². The van der Waals surface area contributed by atoms with Gasteiger partial charge in [0.15, 0.2) is 0 Å². The van der Waals surface area contributed by atoms with Gasteiger partial charge in [-0.25, -0.2) is 4.79 Å². The summed E-state index contributed by atoms with van der Waals surface area (Å²) in [5, 5.41) is 14.4. The molecule has 0 saturated carbocycles. The lowest BCUT2D eigenvalue weighted by Gasteiger charge is -2.10. The van der Waals surface area contributed by atoms with Crippen molar-refractivity contribution < 1.29 is 9.90 Å². The van der Waals surface area contributed by atoms with Crippen LogP contribution in [-0.4, -0.2) is 11.1 Å². The molecule has 2 N–H and O–H groups in total. The molecule has 0 bridgehead atoms. The molecule has 0 saturated heterocycles. The third-order valence-electron chi connectivity index (χ3n) is 2.87. The third-order valence-corrected chi connectivity index (χ3v) is 4.33. The van der Waals surface area contributed by atoms with Gasteiger partial charge in [-0.2, -0.15) is 0 Å². The maximum atomic E-state index is 11.2. The van der Waals surface area contributed by atoms with Gasteiger partial charge in [0.1, 0.15) is 0 Å². The Morgan fingerprint density at radius 2 is 2.21 bits per heavy atom. The van der Waals surface area contributed by atoms with Crippen molar-refractivity contribution in [1.29, 1.82) is 0 Å². The predicted molar refractivity (Wildman–Crippen MR) is 82.1 cm³/mol. The van der Waals surface area contributed by atoms with Crippen LogP contribution < -0.4 is 5.32 Å². The van der Waals surface area contributed by atoms with Crippen LogP contribution in [0, 0.1) is 0 Å². The molecule has 100 valence electrons. The van der Waals surface area contributed by atoms with Crippen molar-refractivity contribution in [3.05, 3.63) is 50.1 Å². The van der Waals surface area contributed by atoms with E-state index in [4.69, 9.17) is 5.11 Å². The van der Waals surface area contributed by atoms with Gasteiger partial charge in [0, 0.05) is 15.9 Å². The first-order valence-corrected chi connectivity index (χ1v) is 7.61. The van der Waals surface area contributed by atoms with E-state index in [0.717, 1.165) is 10.9 Å². The Hall–Kier alpha value is -1.33. The van der Waals surface area contributed by atoms with Gasteiger partial charge >= 0.3 is 5.97 Å². The molecule has 0 atom stereocenters. The van der Waals surface area contributed by atoms with Crippen molar-refractivity contribution in [3.63, 3.8) is 0 Å². The van der Waals surface area contributed by atoms with E-state index < -0.39 is 5.97 Å². The first kappa shape index (κ1) is 14.1. The number of aromatic carboxylic acids is 1. The van der Waals surface area contributed by atoms with E-state index in [2.05, 4.69) is 39.6 Å². The summed E-state index contributed by atoms with van der Waals surface area (Å²) < 4.78 is 0.863. The Morgan fingerprint density at radius 3 is 2.89 bits per heavy atom. The number of rotatable bonds is 5. The number of thiophene rings is 1. The highest BCUT2D eigenvalue weighted by Gasteiger charge is 2.11. The van der Waals surface area contributed by atoms with E-state index in [9.17, 15) is 4.79 Å². The Balaban J connectivity index is 2.19. The van der Waals surface area contributed by atoms with Crippen molar-refractivity contribution in [2.45, 2.75) is 19.9 Å². The zero-order valence-corrected chi connectivity index (χ0v) is 12.8. The van der Waals surface area contributed by atoms with Gasteiger partial charge in [-0.3, -0.25) is 0 Å². The summed E-state index contributed by atoms with van der Waals surface area (Å²) in [6.45, 7) is 2.77. The molecule has 0 aliphatic carbocycles. The molecule has 19 heavy (non-hydrogen) atoms. The summed E-state index contributed by atoms with van der Waals surface area (Å²) in [4.78, 5) is 12.4. The van der Waals surface area contributed by atoms with E-state index in [0.29, 0.717) is 12.2 Å². The van der Waals surface area contributed by atoms with Crippen molar-refractivity contribution in [2.75, 3.05) is 5.32 Å². The van der Waals surface area contributed by atoms with Crippen LogP contribution in [0.15, 0.2) is 34.1 Å². The van der Waals surface area contributed by atoms with Gasteiger partial charge in [0.05, 0.1) is 11.3 Å². The van der Waals surface area contributed by atoms with E-state index in [1.807, 2.05) is 0 Å². The number of aryl methyl sites for hydroxylation is 1. The number of carboxylic acid groups (broad SMARTS) is 1. The molecule has 1 aromatic carbocycles. The smallest absolute Gasteiger partial charge is 0.337 e. The topological polar surface area (TPSA) is 49.3 Å². The molecule has 2 rings (SSSR count). The molecule has 0 aliphatic heterocycles. The Bertz CT molecular complexity index is 595. The number of benzene rings is 1. The largest absolute Gasteiger partial charge is 0.478 e. The molecule has 5 heteroatoms. The van der Waals surface area contributed by atoms with Gasteiger partial charge in [-0.1, -0.05) is 22.9 Å². The summed E-state index contributed by atoms with van der Waals surface area (Å²) in [5.74, 6) is -0.920. The van der Waals surface area contributed by atoms with Crippen molar-refractivity contribution in [2.24, 2.45) is 0 Å². The third kappa shape index (κ3) is 3.36. The first-order valence-electron chi connectivity index (χ1n) is 5.93. The zero-order valence-electron chi connectivity index (χ0n) is 10.4. The minimum atomic E-state index is -0.920. The molecule has 0 fully saturated rings. The fraction of sp³-hybridized carbons (Fsp3) is 0.214. The van der Waals surface area contributed by atoms with E-state index in [1.165, 1.54) is 10.4 Å². The average Bonchev–Trinajstić information content (AvgIpc) is 2.83. The summed E-state index contributed by atoms with van der Waals surface area (Å²) in [7, 11) is 0. The highest BCUT2D eigenvalue weighted by molar-refractivity contribution is 9.10. The fourth-order valence-corrected chi connectivity index (χ4v) is 3.14. The maximum Gasteiger partial charge on any atom is 0.337 e. The Morgan fingerprint density at radius 1 is 1.42 bits per heavy atom. The highest BCUT2D eigenvalue weighted by atomic mass is 79.9. The number of carbonyl (C=O) groups is 1. The predicted octanol–water partition coefficient (Wildman–Crippen LogP) is 4.38. The number of carboxylic acids is 1. The van der Waals surface area contributed by atoms with Crippen molar-refractivity contribution >= 4 is 38.9 Å². The van der Waals surface area contributed by atoms with Crippen LogP contribution in [0.4, 0.5) is 5.69 Å². The van der Waals surface area contributed by atoms with Crippen LogP contribution in [0.1, 0.15) is 27.7 Å².